The Hall–Kier alpha value is -1.44. The smallest absolute Gasteiger partial charge is 0.145 e. The van der Waals surface area contributed by atoms with Crippen LogP contribution in [0.25, 0.3) is 0 Å². The van der Waals surface area contributed by atoms with E-state index in [1.807, 2.05) is 19.9 Å². The van der Waals surface area contributed by atoms with Crippen LogP contribution in [0.15, 0.2) is 18.2 Å². The van der Waals surface area contributed by atoms with Gasteiger partial charge in [0, 0.05) is 30.7 Å². The fourth-order valence-electron chi connectivity index (χ4n) is 2.04. The Balaban J connectivity index is 2.66. The number of nitrogens with one attached hydrogen (secondary N) is 1. The molecule has 0 amide bonds. The Bertz CT molecular complexity index is 442. The third-order valence-corrected chi connectivity index (χ3v) is 3.85. The molecule has 1 aromatic carbocycles. The molecule has 0 radical (unpaired) electrons. The summed E-state index contributed by atoms with van der Waals surface area (Å²) in [5.74, 6) is -0.458. The molecule has 0 aliphatic carbocycles. The lowest BCUT2D eigenvalue weighted by atomic mass is 9.83. The molecule has 4 heteroatoms. The highest BCUT2D eigenvalue weighted by molar-refractivity contribution is 5.34. The van der Waals surface area contributed by atoms with Crippen LogP contribution in [-0.4, -0.2) is 18.3 Å². The van der Waals surface area contributed by atoms with E-state index in [9.17, 15) is 9.50 Å². The first kappa shape index (κ1) is 15.6. The molecule has 0 fully saturated rings. The number of benzene rings is 1. The number of hydrogen-bond donors (Lipinski definition) is 2. The van der Waals surface area contributed by atoms with Gasteiger partial charge in [0.1, 0.15) is 11.9 Å². The van der Waals surface area contributed by atoms with Crippen molar-refractivity contribution in [3.63, 3.8) is 0 Å². The van der Waals surface area contributed by atoms with Crippen molar-refractivity contribution in [2.45, 2.75) is 33.2 Å². The molecule has 1 aromatic rings. The molecule has 0 saturated heterocycles. The van der Waals surface area contributed by atoms with Crippen LogP contribution < -0.4 is 5.32 Å². The minimum atomic E-state index is -0.458. The maximum Gasteiger partial charge on any atom is 0.145 e. The van der Waals surface area contributed by atoms with Gasteiger partial charge in [-0.3, -0.25) is 0 Å². The van der Waals surface area contributed by atoms with Crippen molar-refractivity contribution in [2.75, 3.05) is 13.2 Å². The van der Waals surface area contributed by atoms with E-state index in [2.05, 4.69) is 5.32 Å². The molecule has 19 heavy (non-hydrogen) atoms. The summed E-state index contributed by atoms with van der Waals surface area (Å²) < 4.78 is 13.8. The number of nitrogens with zero attached hydrogens (tertiary/aromatic N) is 1. The number of aliphatic hydroxyl groups excluding tert-OH is 1. The summed E-state index contributed by atoms with van der Waals surface area (Å²) in [7, 11) is 0. The zero-order valence-electron chi connectivity index (χ0n) is 11.5. The van der Waals surface area contributed by atoms with Gasteiger partial charge >= 0.3 is 0 Å². The van der Waals surface area contributed by atoms with Gasteiger partial charge in [-0.25, -0.2) is 4.39 Å². The van der Waals surface area contributed by atoms with Crippen molar-refractivity contribution >= 4 is 0 Å². The van der Waals surface area contributed by atoms with Crippen LogP contribution in [0, 0.1) is 22.6 Å². The standard InChI is InChI=1S/C15H21FN2O/c1-3-15(4-2,11-19)10-18-9-13-7-5-6-12(8-17)14(13)16/h5-7,18-19H,3-4,9-11H2,1-2H3. The summed E-state index contributed by atoms with van der Waals surface area (Å²) >= 11 is 0. The molecular weight excluding hydrogens is 243 g/mol. The summed E-state index contributed by atoms with van der Waals surface area (Å²) in [4.78, 5) is 0. The molecule has 3 nitrogen and oxygen atoms in total. The zero-order chi connectivity index (χ0) is 14.3. The van der Waals surface area contributed by atoms with Crippen molar-refractivity contribution in [2.24, 2.45) is 5.41 Å². The normalized spacial score (nSPS) is 11.3. The van der Waals surface area contributed by atoms with E-state index in [0.717, 1.165) is 12.8 Å². The van der Waals surface area contributed by atoms with Crippen LogP contribution in [0.4, 0.5) is 4.39 Å². The first-order valence-electron chi connectivity index (χ1n) is 6.61. The van der Waals surface area contributed by atoms with Gasteiger partial charge in [0.2, 0.25) is 0 Å². The van der Waals surface area contributed by atoms with Gasteiger partial charge < -0.3 is 10.4 Å². The summed E-state index contributed by atoms with van der Waals surface area (Å²) in [5.41, 5.74) is 0.403. The fourth-order valence-corrected chi connectivity index (χ4v) is 2.04. The molecule has 0 saturated carbocycles. The molecule has 0 aromatic heterocycles. The molecule has 0 aliphatic rings. The van der Waals surface area contributed by atoms with Crippen LogP contribution in [-0.2, 0) is 6.54 Å². The van der Waals surface area contributed by atoms with Gasteiger partial charge in [0.25, 0.3) is 0 Å². The molecule has 104 valence electrons. The average molecular weight is 264 g/mol. The van der Waals surface area contributed by atoms with E-state index in [1.165, 1.54) is 6.07 Å². The second-order valence-electron chi connectivity index (χ2n) is 4.86. The molecule has 2 N–H and O–H groups in total. The van der Waals surface area contributed by atoms with Crippen molar-refractivity contribution in [1.82, 2.24) is 5.32 Å². The van der Waals surface area contributed by atoms with Crippen LogP contribution in [0.2, 0.25) is 0 Å². The van der Waals surface area contributed by atoms with Gasteiger partial charge in [-0.05, 0) is 18.9 Å². The molecule has 0 bridgehead atoms. The highest BCUT2D eigenvalue weighted by Gasteiger charge is 2.24. The quantitative estimate of drug-likeness (QED) is 0.796. The Kier molecular flexibility index (Phi) is 5.94. The van der Waals surface area contributed by atoms with Crippen molar-refractivity contribution in [1.29, 1.82) is 5.26 Å². The number of hydrogen-bond acceptors (Lipinski definition) is 3. The first-order chi connectivity index (χ1) is 9.12. The molecule has 0 spiro atoms. The number of aliphatic hydroxyl groups is 1. The highest BCUT2D eigenvalue weighted by Crippen LogP contribution is 2.24. The van der Waals surface area contributed by atoms with E-state index in [0.29, 0.717) is 18.7 Å². The van der Waals surface area contributed by atoms with E-state index in [1.54, 1.807) is 12.1 Å². The van der Waals surface area contributed by atoms with E-state index >= 15 is 0 Å². The van der Waals surface area contributed by atoms with E-state index < -0.39 is 5.82 Å². The average Bonchev–Trinajstić information content (AvgIpc) is 2.46. The zero-order valence-corrected chi connectivity index (χ0v) is 11.5. The first-order valence-corrected chi connectivity index (χ1v) is 6.61. The minimum absolute atomic E-state index is 0.0682. The van der Waals surface area contributed by atoms with E-state index in [-0.39, 0.29) is 17.6 Å². The second kappa shape index (κ2) is 7.22. The summed E-state index contributed by atoms with van der Waals surface area (Å²) in [6, 6.07) is 6.65. The number of nitriles is 1. The lowest BCUT2D eigenvalue weighted by Gasteiger charge is -2.29. The maximum atomic E-state index is 13.8. The van der Waals surface area contributed by atoms with Crippen LogP contribution in [0.5, 0.6) is 0 Å². The van der Waals surface area contributed by atoms with Gasteiger partial charge in [-0.1, -0.05) is 26.0 Å². The van der Waals surface area contributed by atoms with Crippen LogP contribution >= 0.6 is 0 Å². The topological polar surface area (TPSA) is 56.0 Å². The number of halogens is 1. The molecule has 0 atom stereocenters. The SMILES string of the molecule is CCC(CC)(CO)CNCc1cccc(C#N)c1F. The monoisotopic (exact) mass is 264 g/mol. The van der Waals surface area contributed by atoms with Crippen LogP contribution in [0.1, 0.15) is 37.8 Å². The van der Waals surface area contributed by atoms with E-state index in [4.69, 9.17) is 5.26 Å². The number of rotatable bonds is 7. The molecule has 1 rings (SSSR count). The predicted molar refractivity (Wildman–Crippen MR) is 72.9 cm³/mol. The van der Waals surface area contributed by atoms with Crippen molar-refractivity contribution < 1.29 is 9.50 Å². The second-order valence-corrected chi connectivity index (χ2v) is 4.86. The molecule has 0 heterocycles. The summed E-state index contributed by atoms with van der Waals surface area (Å²) in [6.45, 7) is 5.19. The van der Waals surface area contributed by atoms with Gasteiger partial charge in [-0.2, -0.15) is 5.26 Å². The van der Waals surface area contributed by atoms with Gasteiger partial charge in [-0.15, -0.1) is 0 Å². The highest BCUT2D eigenvalue weighted by atomic mass is 19.1. The molecule has 0 aliphatic heterocycles. The van der Waals surface area contributed by atoms with Gasteiger partial charge in [0.05, 0.1) is 5.56 Å². The predicted octanol–water partition coefficient (Wildman–Crippen LogP) is 2.59. The summed E-state index contributed by atoms with van der Waals surface area (Å²) in [6.07, 6.45) is 1.74. The van der Waals surface area contributed by atoms with Crippen LogP contribution in [0.3, 0.4) is 0 Å². The lowest BCUT2D eigenvalue weighted by Crippen LogP contribution is -2.36. The third-order valence-electron chi connectivity index (χ3n) is 3.85. The Morgan fingerprint density at radius 3 is 2.58 bits per heavy atom. The largest absolute Gasteiger partial charge is 0.396 e. The molecular formula is C15H21FN2O. The minimum Gasteiger partial charge on any atom is -0.396 e. The lowest BCUT2D eigenvalue weighted by molar-refractivity contribution is 0.113. The Labute approximate surface area is 114 Å². The maximum absolute atomic E-state index is 13.8. The van der Waals surface area contributed by atoms with Crippen molar-refractivity contribution in [3.05, 3.63) is 35.1 Å². The Morgan fingerprint density at radius 2 is 2.05 bits per heavy atom. The third kappa shape index (κ3) is 3.76. The molecule has 0 unspecified atom stereocenters. The summed E-state index contributed by atoms with van der Waals surface area (Å²) in [5, 5.41) is 21.4. The fraction of sp³-hybridized carbons (Fsp3) is 0.533. The van der Waals surface area contributed by atoms with Crippen molar-refractivity contribution in [3.8, 4) is 6.07 Å². The Morgan fingerprint density at radius 1 is 1.37 bits per heavy atom. The van der Waals surface area contributed by atoms with Gasteiger partial charge in [0.15, 0.2) is 0 Å².